The fourth-order valence-electron chi connectivity index (χ4n) is 2.36. The Morgan fingerprint density at radius 2 is 1.70 bits per heavy atom. The van der Waals surface area contributed by atoms with Gasteiger partial charge >= 0.3 is 0 Å². The van der Waals surface area contributed by atoms with Crippen molar-refractivity contribution in [1.29, 1.82) is 0 Å². The third kappa shape index (κ3) is 5.95. The molecule has 1 aromatic heterocycles. The number of nitrogens with one attached hydrogen (secondary N) is 1. The van der Waals surface area contributed by atoms with Gasteiger partial charge in [-0.2, -0.15) is 0 Å². The van der Waals surface area contributed by atoms with Crippen LogP contribution in [0.4, 0.5) is 5.82 Å². The number of benzene rings is 1. The standard InChI is InChI=1S/C16H20N4O.2ClH/c1-2-4-14(5-3-1)15-6-7-16(19-18-15)17-8-9-20-10-12-21-13-11-20;;/h1-7H,8-13H2,(H,17,19);2*1H. The molecule has 3 rings (SSSR count). The van der Waals surface area contributed by atoms with Gasteiger partial charge in [0.15, 0.2) is 0 Å². The van der Waals surface area contributed by atoms with Crippen molar-refractivity contribution in [3.8, 4) is 11.3 Å². The van der Waals surface area contributed by atoms with E-state index < -0.39 is 0 Å². The molecule has 2 aromatic rings. The third-order valence-electron chi connectivity index (χ3n) is 3.57. The summed E-state index contributed by atoms with van der Waals surface area (Å²) in [5.74, 6) is 0.822. The first-order chi connectivity index (χ1) is 10.4. The number of anilines is 1. The lowest BCUT2D eigenvalue weighted by Crippen LogP contribution is -2.39. The molecule has 0 bridgehead atoms. The molecule has 0 aliphatic carbocycles. The monoisotopic (exact) mass is 356 g/mol. The minimum atomic E-state index is 0. The van der Waals surface area contributed by atoms with Crippen LogP contribution in [0.15, 0.2) is 42.5 Å². The zero-order valence-corrected chi connectivity index (χ0v) is 14.5. The summed E-state index contributed by atoms with van der Waals surface area (Å²) in [5, 5.41) is 11.8. The van der Waals surface area contributed by atoms with Gasteiger partial charge in [-0.3, -0.25) is 4.90 Å². The molecule has 7 heteroatoms. The number of morpholine rings is 1. The Morgan fingerprint density at radius 3 is 2.35 bits per heavy atom. The first-order valence-corrected chi connectivity index (χ1v) is 7.35. The lowest BCUT2D eigenvalue weighted by Gasteiger charge is -2.26. The van der Waals surface area contributed by atoms with Gasteiger partial charge in [-0.25, -0.2) is 0 Å². The summed E-state index contributed by atoms with van der Waals surface area (Å²) in [4.78, 5) is 2.39. The number of halogens is 2. The van der Waals surface area contributed by atoms with Crippen LogP contribution >= 0.6 is 24.8 Å². The van der Waals surface area contributed by atoms with Crippen molar-refractivity contribution in [2.75, 3.05) is 44.7 Å². The average Bonchev–Trinajstić information content (AvgIpc) is 2.57. The highest BCUT2D eigenvalue weighted by Crippen LogP contribution is 2.16. The van der Waals surface area contributed by atoms with E-state index in [0.29, 0.717) is 0 Å². The number of rotatable bonds is 5. The highest BCUT2D eigenvalue weighted by atomic mass is 35.5. The van der Waals surface area contributed by atoms with Gasteiger partial charge in [0.05, 0.1) is 18.9 Å². The second-order valence-electron chi connectivity index (χ2n) is 5.05. The summed E-state index contributed by atoms with van der Waals surface area (Å²) in [6.07, 6.45) is 0. The van der Waals surface area contributed by atoms with Crippen LogP contribution in [-0.2, 0) is 4.74 Å². The van der Waals surface area contributed by atoms with Crippen molar-refractivity contribution in [3.05, 3.63) is 42.5 Å². The Morgan fingerprint density at radius 1 is 0.957 bits per heavy atom. The quantitative estimate of drug-likeness (QED) is 0.892. The van der Waals surface area contributed by atoms with E-state index in [9.17, 15) is 0 Å². The van der Waals surface area contributed by atoms with E-state index in [0.717, 1.165) is 56.5 Å². The van der Waals surface area contributed by atoms with Crippen LogP contribution in [0, 0.1) is 0 Å². The molecule has 5 nitrogen and oxygen atoms in total. The van der Waals surface area contributed by atoms with Crippen LogP contribution in [-0.4, -0.2) is 54.5 Å². The maximum atomic E-state index is 5.34. The van der Waals surface area contributed by atoms with Crippen LogP contribution in [0.3, 0.4) is 0 Å². The molecule has 1 aliphatic heterocycles. The third-order valence-corrected chi connectivity index (χ3v) is 3.57. The molecule has 126 valence electrons. The summed E-state index contributed by atoms with van der Waals surface area (Å²) in [7, 11) is 0. The minimum absolute atomic E-state index is 0. The van der Waals surface area contributed by atoms with Crippen LogP contribution in [0.5, 0.6) is 0 Å². The second kappa shape index (κ2) is 10.4. The molecule has 1 aromatic carbocycles. The Hall–Kier alpha value is -1.40. The van der Waals surface area contributed by atoms with Crippen LogP contribution in [0.2, 0.25) is 0 Å². The van der Waals surface area contributed by atoms with Gasteiger partial charge in [-0.05, 0) is 12.1 Å². The summed E-state index contributed by atoms with van der Waals surface area (Å²) < 4.78 is 5.34. The van der Waals surface area contributed by atoms with Crippen molar-refractivity contribution in [2.24, 2.45) is 0 Å². The molecular formula is C16H22Cl2N4O. The van der Waals surface area contributed by atoms with E-state index in [4.69, 9.17) is 4.74 Å². The van der Waals surface area contributed by atoms with Crippen molar-refractivity contribution < 1.29 is 4.74 Å². The molecule has 1 fully saturated rings. The van der Waals surface area contributed by atoms with Crippen molar-refractivity contribution in [2.45, 2.75) is 0 Å². The molecule has 0 radical (unpaired) electrons. The Balaban J connectivity index is 0.00000132. The van der Waals surface area contributed by atoms with Crippen molar-refractivity contribution in [3.63, 3.8) is 0 Å². The number of ether oxygens (including phenoxy) is 1. The summed E-state index contributed by atoms with van der Waals surface area (Å²) in [5.41, 5.74) is 1.99. The first kappa shape index (κ1) is 19.6. The van der Waals surface area contributed by atoms with Gasteiger partial charge in [-0.1, -0.05) is 30.3 Å². The SMILES string of the molecule is Cl.Cl.c1ccc(-c2ccc(NCCN3CCOCC3)nn2)cc1. The van der Waals surface area contributed by atoms with E-state index in [1.807, 2.05) is 42.5 Å². The lowest BCUT2D eigenvalue weighted by molar-refractivity contribution is 0.0398. The zero-order chi connectivity index (χ0) is 14.3. The molecule has 23 heavy (non-hydrogen) atoms. The van der Waals surface area contributed by atoms with Crippen LogP contribution in [0.1, 0.15) is 0 Å². The topological polar surface area (TPSA) is 50.3 Å². The molecular weight excluding hydrogens is 335 g/mol. The molecule has 0 unspecified atom stereocenters. The smallest absolute Gasteiger partial charge is 0.148 e. The van der Waals surface area contributed by atoms with Gasteiger partial charge in [0.1, 0.15) is 5.82 Å². The van der Waals surface area contributed by atoms with Crippen LogP contribution in [0.25, 0.3) is 11.3 Å². The summed E-state index contributed by atoms with van der Waals surface area (Å²) >= 11 is 0. The normalized spacial score (nSPS) is 14.4. The minimum Gasteiger partial charge on any atom is -0.379 e. The van der Waals surface area contributed by atoms with Crippen molar-refractivity contribution in [1.82, 2.24) is 15.1 Å². The van der Waals surface area contributed by atoms with Gasteiger partial charge in [0, 0.05) is 31.7 Å². The highest BCUT2D eigenvalue weighted by molar-refractivity contribution is 5.85. The molecule has 0 saturated carbocycles. The Labute approximate surface area is 149 Å². The van der Waals surface area contributed by atoms with E-state index in [-0.39, 0.29) is 24.8 Å². The van der Waals surface area contributed by atoms with Crippen molar-refractivity contribution >= 4 is 30.6 Å². The number of nitrogens with zero attached hydrogens (tertiary/aromatic N) is 3. The number of aromatic nitrogens is 2. The predicted molar refractivity (Wildman–Crippen MR) is 97.7 cm³/mol. The fourth-order valence-corrected chi connectivity index (χ4v) is 2.36. The van der Waals surface area contributed by atoms with E-state index in [2.05, 4.69) is 20.4 Å². The number of hydrogen-bond donors (Lipinski definition) is 1. The number of hydrogen-bond acceptors (Lipinski definition) is 5. The Kier molecular flexibility index (Phi) is 8.87. The summed E-state index contributed by atoms with van der Waals surface area (Å²) in [6.45, 7) is 5.59. The predicted octanol–water partition coefficient (Wildman–Crippen LogP) is 2.73. The molecule has 0 atom stereocenters. The lowest BCUT2D eigenvalue weighted by atomic mass is 10.1. The fraction of sp³-hybridized carbons (Fsp3) is 0.375. The maximum absolute atomic E-state index is 5.34. The molecule has 2 heterocycles. The molecule has 0 amide bonds. The Bertz CT molecular complexity index is 548. The highest BCUT2D eigenvalue weighted by Gasteiger charge is 2.09. The molecule has 1 saturated heterocycles. The van der Waals surface area contributed by atoms with Gasteiger partial charge < -0.3 is 10.1 Å². The molecule has 1 aliphatic rings. The maximum Gasteiger partial charge on any atom is 0.148 e. The molecule has 0 spiro atoms. The van der Waals surface area contributed by atoms with E-state index in [1.165, 1.54) is 0 Å². The largest absolute Gasteiger partial charge is 0.379 e. The van der Waals surface area contributed by atoms with Gasteiger partial charge in [0.2, 0.25) is 0 Å². The second-order valence-corrected chi connectivity index (χ2v) is 5.05. The first-order valence-electron chi connectivity index (χ1n) is 7.35. The summed E-state index contributed by atoms with van der Waals surface area (Å²) in [6, 6.07) is 14.1. The van der Waals surface area contributed by atoms with E-state index >= 15 is 0 Å². The van der Waals surface area contributed by atoms with E-state index in [1.54, 1.807) is 0 Å². The zero-order valence-electron chi connectivity index (χ0n) is 12.9. The average molecular weight is 357 g/mol. The molecule has 1 N–H and O–H groups in total. The van der Waals surface area contributed by atoms with Gasteiger partial charge in [-0.15, -0.1) is 35.0 Å². The van der Waals surface area contributed by atoms with Crippen LogP contribution < -0.4 is 5.32 Å². The van der Waals surface area contributed by atoms with Gasteiger partial charge in [0.25, 0.3) is 0 Å².